The van der Waals surface area contributed by atoms with Gasteiger partial charge >= 0.3 is 5.97 Å². The molecule has 1 heterocycles. The van der Waals surface area contributed by atoms with Crippen LogP contribution < -0.4 is 0 Å². The van der Waals surface area contributed by atoms with Gasteiger partial charge in [-0.05, 0) is 18.6 Å². The van der Waals surface area contributed by atoms with Crippen LogP contribution in [0.5, 0.6) is 0 Å². The Bertz CT molecular complexity index is 576. The average molecular weight is 345 g/mol. The molecule has 0 aromatic heterocycles. The van der Waals surface area contributed by atoms with Gasteiger partial charge in [0.1, 0.15) is 0 Å². The first kappa shape index (κ1) is 19.2. The minimum absolute atomic E-state index is 0.225. The van der Waals surface area contributed by atoms with Crippen molar-refractivity contribution in [1.29, 1.82) is 0 Å². The Hall–Kier alpha value is -2.17. The Balaban J connectivity index is 1.62. The SMILES string of the molecule is CCCCCCCCCCCC(=O)ON1C(=O)c2ccccc2C1=O. The normalized spacial score (nSPS) is 13.2. The zero-order valence-corrected chi connectivity index (χ0v) is 15.0. The van der Waals surface area contributed by atoms with E-state index in [0.717, 1.165) is 19.3 Å². The summed E-state index contributed by atoms with van der Waals surface area (Å²) in [5.41, 5.74) is 0.562. The number of fused-ring (bicyclic) bond motifs is 1. The molecule has 0 unspecified atom stereocenters. The van der Waals surface area contributed by atoms with Gasteiger partial charge in [0.15, 0.2) is 0 Å². The number of nitrogens with zero attached hydrogens (tertiary/aromatic N) is 1. The summed E-state index contributed by atoms with van der Waals surface area (Å²) >= 11 is 0. The number of carbonyl (C=O) groups excluding carboxylic acids is 3. The second-order valence-corrected chi connectivity index (χ2v) is 6.49. The Kier molecular flexibility index (Phi) is 7.64. The van der Waals surface area contributed by atoms with E-state index in [9.17, 15) is 14.4 Å². The highest BCUT2D eigenvalue weighted by atomic mass is 16.7. The van der Waals surface area contributed by atoms with Crippen LogP contribution in [0.3, 0.4) is 0 Å². The highest BCUT2D eigenvalue weighted by Crippen LogP contribution is 2.23. The summed E-state index contributed by atoms with van der Waals surface area (Å²) in [4.78, 5) is 41.1. The van der Waals surface area contributed by atoms with Gasteiger partial charge < -0.3 is 4.84 Å². The quantitative estimate of drug-likeness (QED) is 0.432. The van der Waals surface area contributed by atoms with Crippen molar-refractivity contribution in [3.05, 3.63) is 35.4 Å². The van der Waals surface area contributed by atoms with Gasteiger partial charge in [0, 0.05) is 6.42 Å². The minimum Gasteiger partial charge on any atom is -0.330 e. The van der Waals surface area contributed by atoms with Crippen LogP contribution >= 0.6 is 0 Å². The fourth-order valence-electron chi connectivity index (χ4n) is 2.98. The van der Waals surface area contributed by atoms with Crippen LogP contribution in [0.4, 0.5) is 0 Å². The number of benzene rings is 1. The highest BCUT2D eigenvalue weighted by Gasteiger charge is 2.38. The lowest BCUT2D eigenvalue weighted by Crippen LogP contribution is -2.32. The van der Waals surface area contributed by atoms with Crippen molar-refractivity contribution in [2.75, 3.05) is 0 Å². The van der Waals surface area contributed by atoms with E-state index in [0.29, 0.717) is 5.06 Å². The fourth-order valence-corrected chi connectivity index (χ4v) is 2.98. The lowest BCUT2D eigenvalue weighted by atomic mass is 10.1. The van der Waals surface area contributed by atoms with Crippen LogP contribution in [0.2, 0.25) is 0 Å². The van der Waals surface area contributed by atoms with E-state index in [1.165, 1.54) is 38.5 Å². The molecule has 2 rings (SSSR count). The molecule has 1 aliphatic rings. The van der Waals surface area contributed by atoms with Gasteiger partial charge in [0.05, 0.1) is 11.1 Å². The van der Waals surface area contributed by atoms with Gasteiger partial charge in [-0.15, -0.1) is 0 Å². The van der Waals surface area contributed by atoms with E-state index in [1.54, 1.807) is 24.3 Å². The summed E-state index contributed by atoms with van der Waals surface area (Å²) in [6, 6.07) is 6.48. The maximum absolute atomic E-state index is 12.1. The number of imide groups is 1. The van der Waals surface area contributed by atoms with Crippen LogP contribution in [0.15, 0.2) is 24.3 Å². The molecule has 5 nitrogen and oxygen atoms in total. The van der Waals surface area contributed by atoms with Crippen LogP contribution in [-0.2, 0) is 9.63 Å². The summed E-state index contributed by atoms with van der Waals surface area (Å²) in [6.45, 7) is 2.21. The van der Waals surface area contributed by atoms with Gasteiger partial charge in [-0.2, -0.15) is 0 Å². The number of hydrogen-bond donors (Lipinski definition) is 0. The van der Waals surface area contributed by atoms with Gasteiger partial charge in [-0.25, -0.2) is 4.79 Å². The zero-order chi connectivity index (χ0) is 18.1. The van der Waals surface area contributed by atoms with Crippen molar-refractivity contribution in [2.45, 2.75) is 71.1 Å². The molecule has 25 heavy (non-hydrogen) atoms. The molecule has 2 amide bonds. The Morgan fingerprint density at radius 3 is 1.84 bits per heavy atom. The smallest absolute Gasteiger partial charge is 0.330 e. The van der Waals surface area contributed by atoms with Crippen molar-refractivity contribution in [2.24, 2.45) is 0 Å². The number of hydrogen-bond acceptors (Lipinski definition) is 4. The third-order valence-electron chi connectivity index (χ3n) is 4.43. The molecular weight excluding hydrogens is 318 g/mol. The van der Waals surface area contributed by atoms with Gasteiger partial charge in [-0.1, -0.05) is 75.5 Å². The Morgan fingerprint density at radius 1 is 0.840 bits per heavy atom. The monoisotopic (exact) mass is 345 g/mol. The van der Waals surface area contributed by atoms with E-state index in [-0.39, 0.29) is 17.5 Å². The van der Waals surface area contributed by atoms with Crippen molar-refractivity contribution < 1.29 is 19.2 Å². The summed E-state index contributed by atoms with van der Waals surface area (Å²) in [5.74, 6) is -1.67. The molecule has 1 aliphatic heterocycles. The number of carbonyl (C=O) groups is 3. The zero-order valence-electron chi connectivity index (χ0n) is 15.0. The van der Waals surface area contributed by atoms with E-state index < -0.39 is 17.8 Å². The van der Waals surface area contributed by atoms with Crippen LogP contribution in [0, 0.1) is 0 Å². The first-order chi connectivity index (χ1) is 12.1. The van der Waals surface area contributed by atoms with Gasteiger partial charge in [0.25, 0.3) is 11.8 Å². The average Bonchev–Trinajstić information content (AvgIpc) is 2.86. The number of amides is 2. The molecule has 136 valence electrons. The van der Waals surface area contributed by atoms with Gasteiger partial charge in [-0.3, -0.25) is 9.59 Å². The summed E-state index contributed by atoms with van der Waals surface area (Å²) < 4.78 is 0. The Labute approximate surface area is 149 Å². The molecule has 0 fully saturated rings. The molecule has 0 atom stereocenters. The lowest BCUT2D eigenvalue weighted by molar-refractivity contribution is -0.168. The standard InChI is InChI=1S/C20H27NO4/c1-2-3-4-5-6-7-8-9-10-15-18(22)25-21-19(23)16-13-11-12-14-17(16)20(21)24/h11-14H,2-10,15H2,1H3. The molecule has 0 radical (unpaired) electrons. The van der Waals surface area contributed by atoms with E-state index in [4.69, 9.17) is 4.84 Å². The molecule has 0 saturated heterocycles. The topological polar surface area (TPSA) is 63.7 Å². The second kappa shape index (κ2) is 9.97. The molecule has 5 heteroatoms. The molecule has 0 saturated carbocycles. The maximum atomic E-state index is 12.1. The Morgan fingerprint density at radius 2 is 1.32 bits per heavy atom. The molecule has 0 spiro atoms. The largest absolute Gasteiger partial charge is 0.333 e. The lowest BCUT2D eigenvalue weighted by Gasteiger charge is -2.12. The third kappa shape index (κ3) is 5.41. The predicted octanol–water partition coefficient (Wildman–Crippen LogP) is 4.66. The van der Waals surface area contributed by atoms with Crippen molar-refractivity contribution in [3.8, 4) is 0 Å². The second-order valence-electron chi connectivity index (χ2n) is 6.49. The van der Waals surface area contributed by atoms with E-state index in [2.05, 4.69) is 6.92 Å². The maximum Gasteiger partial charge on any atom is 0.333 e. The number of hydroxylamine groups is 2. The fraction of sp³-hybridized carbons (Fsp3) is 0.550. The van der Waals surface area contributed by atoms with Crippen molar-refractivity contribution in [3.63, 3.8) is 0 Å². The van der Waals surface area contributed by atoms with Crippen LogP contribution in [0.1, 0.15) is 91.8 Å². The molecule has 0 aliphatic carbocycles. The highest BCUT2D eigenvalue weighted by molar-refractivity contribution is 6.20. The summed E-state index contributed by atoms with van der Waals surface area (Å²) in [6.07, 6.45) is 10.6. The van der Waals surface area contributed by atoms with Gasteiger partial charge in [0.2, 0.25) is 0 Å². The predicted molar refractivity (Wildman–Crippen MR) is 94.9 cm³/mol. The molecule has 0 N–H and O–H groups in total. The molecular formula is C20H27NO4. The summed E-state index contributed by atoms with van der Waals surface area (Å²) in [7, 11) is 0. The number of unbranched alkanes of at least 4 members (excludes halogenated alkanes) is 8. The first-order valence-electron chi connectivity index (χ1n) is 9.33. The minimum atomic E-state index is -0.568. The first-order valence-corrected chi connectivity index (χ1v) is 9.33. The number of rotatable bonds is 11. The summed E-state index contributed by atoms with van der Waals surface area (Å²) in [5, 5.41) is 0.584. The van der Waals surface area contributed by atoms with Crippen LogP contribution in [-0.4, -0.2) is 22.8 Å². The molecule has 0 bridgehead atoms. The van der Waals surface area contributed by atoms with E-state index in [1.807, 2.05) is 0 Å². The van der Waals surface area contributed by atoms with Crippen molar-refractivity contribution in [1.82, 2.24) is 5.06 Å². The van der Waals surface area contributed by atoms with Crippen LogP contribution in [0.25, 0.3) is 0 Å². The third-order valence-corrected chi connectivity index (χ3v) is 4.43. The molecule has 1 aromatic rings. The van der Waals surface area contributed by atoms with Crippen molar-refractivity contribution >= 4 is 17.8 Å². The van der Waals surface area contributed by atoms with E-state index >= 15 is 0 Å². The molecule has 1 aromatic carbocycles.